The van der Waals surface area contributed by atoms with Crippen molar-refractivity contribution >= 4 is 6.16 Å². The van der Waals surface area contributed by atoms with Crippen molar-refractivity contribution < 1.29 is 23.4 Å². The molecule has 0 aromatic carbocycles. The first-order valence-electron chi connectivity index (χ1n) is 2.97. The second kappa shape index (κ2) is 3.34. The highest BCUT2D eigenvalue weighted by molar-refractivity contribution is 5.61. The number of cyclic esters (lactones) is 2. The molecule has 0 aromatic rings. The van der Waals surface area contributed by atoms with Crippen LogP contribution in [0.4, 0.5) is 9.18 Å². The molecule has 1 rings (SSSR count). The third-order valence-corrected chi connectivity index (χ3v) is 0.991. The zero-order chi connectivity index (χ0) is 8.27. The van der Waals surface area contributed by atoms with E-state index in [1.165, 1.54) is 0 Å². The van der Waals surface area contributed by atoms with E-state index in [2.05, 4.69) is 16.1 Å². The molecule has 1 unspecified atom stereocenters. The number of carbonyl (C=O) groups excluding carboxylic acids is 1. The molecule has 0 amide bonds. The molecule has 0 radical (unpaired) electrons. The van der Waals surface area contributed by atoms with Crippen LogP contribution in [-0.2, 0) is 14.2 Å². The lowest BCUT2D eigenvalue weighted by Gasteiger charge is -2.05. The van der Waals surface area contributed by atoms with E-state index >= 15 is 0 Å². The van der Waals surface area contributed by atoms with Gasteiger partial charge in [0.05, 0.1) is 0 Å². The lowest BCUT2D eigenvalue weighted by atomic mass is 10.6. The Balaban J connectivity index is 2.18. The highest BCUT2D eigenvalue weighted by Gasteiger charge is 2.25. The van der Waals surface area contributed by atoms with E-state index in [4.69, 9.17) is 4.74 Å². The molecule has 0 aliphatic carbocycles. The van der Waals surface area contributed by atoms with Gasteiger partial charge in [-0.25, -0.2) is 9.18 Å². The molecule has 62 valence electrons. The average molecular weight is 162 g/mol. The van der Waals surface area contributed by atoms with Crippen molar-refractivity contribution in [1.82, 2.24) is 0 Å². The Morgan fingerprint density at radius 3 is 3.09 bits per heavy atom. The molecule has 0 bridgehead atoms. The average Bonchev–Trinajstić information content (AvgIpc) is 2.31. The normalized spacial score (nSPS) is 22.6. The highest BCUT2D eigenvalue weighted by Crippen LogP contribution is 2.08. The van der Waals surface area contributed by atoms with Crippen LogP contribution in [0.1, 0.15) is 0 Å². The first-order chi connectivity index (χ1) is 5.18. The van der Waals surface area contributed by atoms with Crippen LogP contribution in [0, 0.1) is 0 Å². The van der Waals surface area contributed by atoms with Crippen molar-refractivity contribution in [2.75, 3.05) is 13.2 Å². The third kappa shape index (κ3) is 2.55. The van der Waals surface area contributed by atoms with Crippen LogP contribution < -0.4 is 0 Å². The van der Waals surface area contributed by atoms with E-state index in [1.807, 2.05) is 0 Å². The predicted octanol–water partition coefficient (Wildman–Crippen LogP) is 0.979. The molecule has 4 nitrogen and oxygen atoms in total. The van der Waals surface area contributed by atoms with Crippen LogP contribution in [0.2, 0.25) is 0 Å². The summed E-state index contributed by atoms with van der Waals surface area (Å²) < 4.78 is 25.4. The molecule has 1 fully saturated rings. The molecule has 1 aliphatic rings. The zero-order valence-electron chi connectivity index (χ0n) is 5.71. The van der Waals surface area contributed by atoms with E-state index < -0.39 is 18.3 Å². The van der Waals surface area contributed by atoms with Gasteiger partial charge in [-0.05, 0) is 0 Å². The van der Waals surface area contributed by atoms with Gasteiger partial charge in [0.1, 0.15) is 12.4 Å². The quantitative estimate of drug-likeness (QED) is 0.580. The summed E-state index contributed by atoms with van der Waals surface area (Å²) in [5, 5.41) is 0. The van der Waals surface area contributed by atoms with Crippen molar-refractivity contribution in [3.05, 3.63) is 12.4 Å². The van der Waals surface area contributed by atoms with Gasteiger partial charge in [-0.2, -0.15) is 0 Å². The minimum atomic E-state index is -0.796. The maximum atomic E-state index is 12.0. The summed E-state index contributed by atoms with van der Waals surface area (Å²) >= 11 is 0. The summed E-state index contributed by atoms with van der Waals surface area (Å²) in [6.07, 6.45) is -1.59. The third-order valence-electron chi connectivity index (χ3n) is 0.991. The van der Waals surface area contributed by atoms with Crippen molar-refractivity contribution in [3.63, 3.8) is 0 Å². The Hall–Kier alpha value is -1.10. The van der Waals surface area contributed by atoms with E-state index in [9.17, 15) is 9.18 Å². The maximum absolute atomic E-state index is 12.0. The van der Waals surface area contributed by atoms with Gasteiger partial charge in [0, 0.05) is 0 Å². The minimum Gasteiger partial charge on any atom is -0.428 e. The second-order valence-corrected chi connectivity index (χ2v) is 1.94. The van der Waals surface area contributed by atoms with Crippen molar-refractivity contribution in [2.24, 2.45) is 0 Å². The van der Waals surface area contributed by atoms with Crippen LogP contribution >= 0.6 is 0 Å². The molecular weight excluding hydrogens is 155 g/mol. The molecule has 0 saturated carbocycles. The summed E-state index contributed by atoms with van der Waals surface area (Å²) in [6, 6.07) is 0. The van der Waals surface area contributed by atoms with E-state index in [-0.39, 0.29) is 13.2 Å². The molecule has 1 aliphatic heterocycles. The first-order valence-corrected chi connectivity index (χ1v) is 2.97. The van der Waals surface area contributed by atoms with Crippen molar-refractivity contribution in [1.29, 1.82) is 0 Å². The lowest BCUT2D eigenvalue weighted by molar-refractivity contribution is -0.0720. The smallest absolute Gasteiger partial charge is 0.428 e. The van der Waals surface area contributed by atoms with Gasteiger partial charge in [-0.3, -0.25) is 0 Å². The van der Waals surface area contributed by atoms with Crippen LogP contribution in [-0.4, -0.2) is 25.7 Å². The van der Waals surface area contributed by atoms with Crippen LogP contribution in [0.5, 0.6) is 0 Å². The zero-order valence-corrected chi connectivity index (χ0v) is 5.71. The van der Waals surface area contributed by atoms with Gasteiger partial charge in [0.25, 0.3) is 0 Å². The van der Waals surface area contributed by atoms with Gasteiger partial charge in [-0.1, -0.05) is 6.58 Å². The molecule has 1 atom stereocenters. The number of hydrogen-bond donors (Lipinski definition) is 0. The minimum absolute atomic E-state index is 0.00606. The van der Waals surface area contributed by atoms with Gasteiger partial charge >= 0.3 is 6.16 Å². The van der Waals surface area contributed by atoms with Gasteiger partial charge in [0.2, 0.25) is 6.29 Å². The molecule has 0 N–H and O–H groups in total. The Bertz CT molecular complexity index is 179. The summed E-state index contributed by atoms with van der Waals surface area (Å²) in [5.41, 5.74) is 0. The Morgan fingerprint density at radius 2 is 2.64 bits per heavy atom. The molecule has 1 heterocycles. The van der Waals surface area contributed by atoms with Gasteiger partial charge < -0.3 is 14.2 Å². The molecule has 5 heteroatoms. The van der Waals surface area contributed by atoms with Crippen molar-refractivity contribution in [3.8, 4) is 0 Å². The molecule has 1 saturated heterocycles. The SMILES string of the molecule is C=C(F)COC1COC(=O)O1. The Labute approximate surface area is 62.5 Å². The number of halogens is 1. The number of ether oxygens (including phenoxy) is 3. The first kappa shape index (κ1) is 8.00. The van der Waals surface area contributed by atoms with Crippen molar-refractivity contribution in [2.45, 2.75) is 6.29 Å². The number of hydrogen-bond acceptors (Lipinski definition) is 4. The topological polar surface area (TPSA) is 44.8 Å². The fourth-order valence-electron chi connectivity index (χ4n) is 0.577. The van der Waals surface area contributed by atoms with Crippen LogP contribution in [0.15, 0.2) is 12.4 Å². The summed E-state index contributed by atoms with van der Waals surface area (Å²) in [5.74, 6) is -0.618. The summed E-state index contributed by atoms with van der Waals surface area (Å²) in [6.45, 7) is 2.69. The predicted molar refractivity (Wildman–Crippen MR) is 32.4 cm³/mol. The fraction of sp³-hybridized carbons (Fsp3) is 0.500. The molecule has 0 aromatic heterocycles. The highest BCUT2D eigenvalue weighted by atomic mass is 19.1. The van der Waals surface area contributed by atoms with Gasteiger partial charge in [-0.15, -0.1) is 0 Å². The maximum Gasteiger partial charge on any atom is 0.510 e. The standard InChI is InChI=1S/C6H7FO4/c1-4(7)2-9-5-3-10-6(8)11-5/h5H,1-3H2. The lowest BCUT2D eigenvalue weighted by Crippen LogP contribution is -2.15. The second-order valence-electron chi connectivity index (χ2n) is 1.94. The Morgan fingerprint density at radius 1 is 1.91 bits per heavy atom. The van der Waals surface area contributed by atoms with E-state index in [0.717, 1.165) is 0 Å². The molecule has 0 spiro atoms. The molecule has 11 heavy (non-hydrogen) atoms. The molecular formula is C6H7FO4. The summed E-state index contributed by atoms with van der Waals surface area (Å²) in [4.78, 5) is 10.3. The number of rotatable bonds is 3. The monoisotopic (exact) mass is 162 g/mol. The number of carbonyl (C=O) groups is 1. The Kier molecular flexibility index (Phi) is 2.43. The fourth-order valence-corrected chi connectivity index (χ4v) is 0.577. The van der Waals surface area contributed by atoms with E-state index in [0.29, 0.717) is 0 Å². The van der Waals surface area contributed by atoms with E-state index in [1.54, 1.807) is 0 Å². The van der Waals surface area contributed by atoms with Gasteiger partial charge in [0.15, 0.2) is 6.61 Å². The van der Waals surface area contributed by atoms with Crippen LogP contribution in [0.3, 0.4) is 0 Å². The summed E-state index contributed by atoms with van der Waals surface area (Å²) in [7, 11) is 0. The largest absolute Gasteiger partial charge is 0.510 e. The van der Waals surface area contributed by atoms with Crippen LogP contribution in [0.25, 0.3) is 0 Å².